The molecule has 4 aromatic rings. The summed E-state index contributed by atoms with van der Waals surface area (Å²) in [7, 11) is 0. The molecule has 0 bridgehead atoms. The molecule has 0 saturated carbocycles. The zero-order chi connectivity index (χ0) is 22.9. The molecular weight excluding hydrogens is 474 g/mol. The second-order valence-corrected chi connectivity index (χ2v) is 10.2. The lowest BCUT2D eigenvalue weighted by Gasteiger charge is -2.14. The van der Waals surface area contributed by atoms with Crippen LogP contribution in [-0.4, -0.2) is 32.7 Å². The topological polar surface area (TPSA) is 70.8 Å². The molecule has 1 aliphatic heterocycles. The zero-order valence-electron chi connectivity index (χ0n) is 17.2. The lowest BCUT2D eigenvalue weighted by Crippen LogP contribution is -2.30. The van der Waals surface area contributed by atoms with Crippen LogP contribution in [0.3, 0.4) is 0 Å². The number of aromatic carboxylic acids is 1. The number of carboxylic acids is 1. The maximum Gasteiger partial charge on any atom is 0.335 e. The number of rotatable bonds is 6. The van der Waals surface area contributed by atoms with Crippen molar-refractivity contribution in [3.63, 3.8) is 0 Å². The molecule has 1 saturated heterocycles. The van der Waals surface area contributed by atoms with Crippen LogP contribution in [0.2, 0.25) is 0 Å². The molecule has 8 heteroatoms. The van der Waals surface area contributed by atoms with Gasteiger partial charge in [0.2, 0.25) is 0 Å². The number of carbonyl (C=O) groups is 2. The van der Waals surface area contributed by atoms with Gasteiger partial charge in [-0.15, -0.1) is 11.3 Å². The molecule has 2 aromatic carbocycles. The van der Waals surface area contributed by atoms with E-state index >= 15 is 0 Å². The first kappa shape index (κ1) is 21.6. The van der Waals surface area contributed by atoms with Gasteiger partial charge in [0.15, 0.2) is 0 Å². The monoisotopic (exact) mass is 491 g/mol. The molecule has 0 spiro atoms. The molecule has 0 unspecified atom stereocenters. The van der Waals surface area contributed by atoms with E-state index in [1.165, 1.54) is 21.8 Å². The molecule has 1 fully saturated rings. The van der Waals surface area contributed by atoms with Crippen LogP contribution in [0.15, 0.2) is 76.1 Å². The summed E-state index contributed by atoms with van der Waals surface area (Å²) < 4.78 is 7.67. The number of furan rings is 1. The highest BCUT2D eigenvalue weighted by Gasteiger charge is 2.32. The Hall–Kier alpha value is -3.20. The quantitative estimate of drug-likeness (QED) is 0.252. The van der Waals surface area contributed by atoms with Crippen LogP contribution < -0.4 is 0 Å². The third kappa shape index (κ3) is 4.50. The van der Waals surface area contributed by atoms with Gasteiger partial charge >= 0.3 is 5.97 Å². The summed E-state index contributed by atoms with van der Waals surface area (Å²) in [5.74, 6) is 0.214. The van der Waals surface area contributed by atoms with Crippen LogP contribution in [-0.2, 0) is 11.2 Å². The second kappa shape index (κ2) is 8.97. The SMILES string of the molecule is O=C(O)c1cccc(CCN2C(=O)C(=Cc3ccc(-c4cc5ccccc5s4)o3)SC2=S)c1. The van der Waals surface area contributed by atoms with E-state index in [9.17, 15) is 9.59 Å². The summed E-state index contributed by atoms with van der Waals surface area (Å²) in [4.78, 5) is 27.2. The number of thiocarbonyl (C=S) groups is 1. The maximum absolute atomic E-state index is 12.9. The molecule has 164 valence electrons. The zero-order valence-corrected chi connectivity index (χ0v) is 19.6. The van der Waals surface area contributed by atoms with Gasteiger partial charge in [-0.25, -0.2) is 4.79 Å². The average Bonchev–Trinajstić information content (AvgIpc) is 3.51. The van der Waals surface area contributed by atoms with Crippen molar-refractivity contribution in [3.8, 4) is 10.6 Å². The number of hydrogen-bond acceptors (Lipinski definition) is 6. The van der Waals surface area contributed by atoms with Crippen molar-refractivity contribution in [2.75, 3.05) is 6.54 Å². The van der Waals surface area contributed by atoms with E-state index in [0.29, 0.717) is 28.0 Å². The van der Waals surface area contributed by atoms with Gasteiger partial charge in [-0.2, -0.15) is 0 Å². The third-order valence-corrected chi connectivity index (χ3v) is 7.75. The van der Waals surface area contributed by atoms with E-state index in [4.69, 9.17) is 21.7 Å². The summed E-state index contributed by atoms with van der Waals surface area (Å²) >= 11 is 8.33. The third-order valence-electron chi connectivity index (χ3n) is 5.24. The largest absolute Gasteiger partial charge is 0.478 e. The van der Waals surface area contributed by atoms with Crippen LogP contribution in [0.25, 0.3) is 26.8 Å². The Morgan fingerprint density at radius 2 is 1.94 bits per heavy atom. The minimum atomic E-state index is -0.973. The molecule has 1 aliphatic rings. The maximum atomic E-state index is 12.9. The smallest absolute Gasteiger partial charge is 0.335 e. The standard InChI is InChI=1S/C25H17NO4S3/c27-23-22(33-25(31)26(23)11-10-15-4-3-6-17(12-15)24(28)29)14-18-8-9-19(30-18)21-13-16-5-1-2-7-20(16)32-21/h1-9,12-14H,10-11H2,(H,28,29). The number of benzene rings is 2. The Labute approximate surface area is 203 Å². The minimum Gasteiger partial charge on any atom is -0.478 e. The Morgan fingerprint density at radius 1 is 1.09 bits per heavy atom. The van der Waals surface area contributed by atoms with Gasteiger partial charge in [-0.05, 0) is 53.8 Å². The average molecular weight is 492 g/mol. The van der Waals surface area contributed by atoms with Crippen molar-refractivity contribution in [3.05, 3.63) is 88.5 Å². The number of thiophene rings is 1. The predicted octanol–water partition coefficient (Wildman–Crippen LogP) is 6.30. The van der Waals surface area contributed by atoms with Crippen LogP contribution >= 0.6 is 35.3 Å². The molecule has 33 heavy (non-hydrogen) atoms. The molecule has 1 amide bonds. The Kier molecular flexibility index (Phi) is 5.88. The van der Waals surface area contributed by atoms with E-state index in [0.717, 1.165) is 16.2 Å². The van der Waals surface area contributed by atoms with Crippen molar-refractivity contribution in [2.24, 2.45) is 0 Å². The second-order valence-electron chi connectivity index (χ2n) is 7.44. The summed E-state index contributed by atoms with van der Waals surface area (Å²) in [5, 5.41) is 10.3. The van der Waals surface area contributed by atoms with Crippen LogP contribution in [0.5, 0.6) is 0 Å². The summed E-state index contributed by atoms with van der Waals surface area (Å²) in [6.07, 6.45) is 2.23. The van der Waals surface area contributed by atoms with Crippen molar-refractivity contribution in [1.29, 1.82) is 0 Å². The number of fused-ring (bicyclic) bond motifs is 1. The van der Waals surface area contributed by atoms with Gasteiger partial charge in [0.05, 0.1) is 15.3 Å². The number of carbonyl (C=O) groups excluding carboxylic acids is 1. The normalized spacial score (nSPS) is 15.2. The van der Waals surface area contributed by atoms with Crippen molar-refractivity contribution < 1.29 is 19.1 Å². The molecule has 5 rings (SSSR count). The summed E-state index contributed by atoms with van der Waals surface area (Å²) in [6, 6.07) is 20.8. The van der Waals surface area contributed by atoms with Crippen LogP contribution in [0.4, 0.5) is 0 Å². The van der Waals surface area contributed by atoms with Crippen LogP contribution in [0, 0.1) is 0 Å². The fourth-order valence-electron chi connectivity index (χ4n) is 3.59. The molecule has 0 atom stereocenters. The highest BCUT2D eigenvalue weighted by Crippen LogP contribution is 2.36. The molecule has 2 aromatic heterocycles. The Morgan fingerprint density at radius 3 is 2.76 bits per heavy atom. The fraction of sp³-hybridized carbons (Fsp3) is 0.0800. The Bertz CT molecular complexity index is 1400. The van der Waals surface area contributed by atoms with Gasteiger partial charge in [-0.1, -0.05) is 54.3 Å². The first-order valence-corrected chi connectivity index (χ1v) is 12.2. The van der Waals surface area contributed by atoms with E-state index < -0.39 is 5.97 Å². The summed E-state index contributed by atoms with van der Waals surface area (Å²) in [6.45, 7) is 0.385. The van der Waals surface area contributed by atoms with Crippen LogP contribution in [0.1, 0.15) is 21.7 Å². The fourth-order valence-corrected chi connectivity index (χ4v) is 5.90. The molecule has 5 nitrogen and oxygen atoms in total. The van der Waals surface area contributed by atoms with E-state index in [1.54, 1.807) is 40.5 Å². The number of thioether (sulfide) groups is 1. The highest BCUT2D eigenvalue weighted by molar-refractivity contribution is 8.26. The first-order valence-electron chi connectivity index (χ1n) is 10.1. The highest BCUT2D eigenvalue weighted by atomic mass is 32.2. The van der Waals surface area contributed by atoms with E-state index in [2.05, 4.69) is 18.2 Å². The van der Waals surface area contributed by atoms with E-state index in [-0.39, 0.29) is 11.5 Å². The lowest BCUT2D eigenvalue weighted by atomic mass is 10.1. The molecule has 0 aliphatic carbocycles. The van der Waals surface area contributed by atoms with Gasteiger partial charge < -0.3 is 9.52 Å². The number of hydrogen-bond donors (Lipinski definition) is 1. The van der Waals surface area contributed by atoms with Gasteiger partial charge in [0.25, 0.3) is 5.91 Å². The number of carboxylic acid groups (broad SMARTS) is 1. The number of nitrogens with zero attached hydrogens (tertiary/aromatic N) is 1. The molecule has 0 radical (unpaired) electrons. The van der Waals surface area contributed by atoms with Crippen molar-refractivity contribution in [1.82, 2.24) is 4.90 Å². The van der Waals surface area contributed by atoms with E-state index in [1.807, 2.05) is 30.3 Å². The van der Waals surface area contributed by atoms with Gasteiger partial charge in [-0.3, -0.25) is 9.69 Å². The summed E-state index contributed by atoms with van der Waals surface area (Å²) in [5.41, 5.74) is 1.07. The van der Waals surface area contributed by atoms with Crippen molar-refractivity contribution >= 4 is 67.7 Å². The molecule has 1 N–H and O–H groups in total. The first-order chi connectivity index (χ1) is 16.0. The van der Waals surface area contributed by atoms with Gasteiger partial charge in [0.1, 0.15) is 15.8 Å². The Balaban J connectivity index is 1.30. The molecular formula is C25H17NO4S3. The molecule has 3 heterocycles. The van der Waals surface area contributed by atoms with Crippen molar-refractivity contribution in [2.45, 2.75) is 6.42 Å². The minimum absolute atomic E-state index is 0.167. The van der Waals surface area contributed by atoms with Gasteiger partial charge in [0, 0.05) is 17.3 Å². The predicted molar refractivity (Wildman–Crippen MR) is 137 cm³/mol. The lowest BCUT2D eigenvalue weighted by molar-refractivity contribution is -0.122. The number of amides is 1.